The Morgan fingerprint density at radius 1 is 1.26 bits per heavy atom. The van der Waals surface area contributed by atoms with Gasteiger partial charge >= 0.3 is 5.97 Å². The Hall–Kier alpha value is -1.78. The lowest BCUT2D eigenvalue weighted by molar-refractivity contribution is 0.0693. The van der Waals surface area contributed by atoms with Gasteiger partial charge in [0.05, 0.1) is 0 Å². The van der Waals surface area contributed by atoms with Crippen molar-refractivity contribution in [1.29, 1.82) is 0 Å². The summed E-state index contributed by atoms with van der Waals surface area (Å²) in [5.41, 5.74) is 0.742. The van der Waals surface area contributed by atoms with Crippen molar-refractivity contribution in [2.75, 3.05) is 0 Å². The van der Waals surface area contributed by atoms with Gasteiger partial charge in [-0.2, -0.15) is 0 Å². The molecule has 0 atom stereocenters. The lowest BCUT2D eigenvalue weighted by Crippen LogP contribution is -2.02. The molecule has 0 fully saturated rings. The molecule has 1 heterocycles. The van der Waals surface area contributed by atoms with Crippen molar-refractivity contribution in [3.8, 4) is 11.6 Å². The summed E-state index contributed by atoms with van der Waals surface area (Å²) in [6.45, 7) is 1.82. The number of benzene rings is 1. The zero-order chi connectivity index (χ0) is 14.0. The molecule has 2 aromatic rings. The van der Waals surface area contributed by atoms with Crippen molar-refractivity contribution in [1.82, 2.24) is 4.98 Å². The minimum Gasteiger partial charge on any atom is -0.477 e. The molecule has 1 aromatic carbocycles. The number of hydrogen-bond acceptors (Lipinski definition) is 3. The number of nitrogens with zero attached hydrogens (tertiary/aromatic N) is 1. The van der Waals surface area contributed by atoms with Crippen LogP contribution >= 0.6 is 23.2 Å². The summed E-state index contributed by atoms with van der Waals surface area (Å²) >= 11 is 11.6. The van der Waals surface area contributed by atoms with Crippen LogP contribution in [0, 0.1) is 6.92 Å². The Morgan fingerprint density at radius 3 is 2.68 bits per heavy atom. The van der Waals surface area contributed by atoms with Crippen LogP contribution in [-0.2, 0) is 0 Å². The van der Waals surface area contributed by atoms with Gasteiger partial charge in [-0.15, -0.1) is 0 Å². The number of pyridine rings is 1. The fraction of sp³-hybridized carbons (Fsp3) is 0.0769. The highest BCUT2D eigenvalue weighted by Gasteiger charge is 2.15. The van der Waals surface area contributed by atoms with Gasteiger partial charge in [0.2, 0.25) is 5.88 Å². The van der Waals surface area contributed by atoms with E-state index < -0.39 is 5.97 Å². The van der Waals surface area contributed by atoms with Crippen LogP contribution in [0.25, 0.3) is 0 Å². The first kappa shape index (κ1) is 13.6. The molecular formula is C13H9Cl2NO3. The zero-order valence-corrected chi connectivity index (χ0v) is 11.4. The summed E-state index contributed by atoms with van der Waals surface area (Å²) in [7, 11) is 0. The third kappa shape index (κ3) is 3.16. The third-order valence-electron chi connectivity index (χ3n) is 2.41. The number of aromatic carboxylic acids is 1. The number of rotatable bonds is 3. The van der Waals surface area contributed by atoms with Crippen LogP contribution in [0.3, 0.4) is 0 Å². The van der Waals surface area contributed by atoms with E-state index in [-0.39, 0.29) is 16.6 Å². The highest BCUT2D eigenvalue weighted by Crippen LogP contribution is 2.29. The number of aromatic nitrogens is 1. The number of hydrogen-bond donors (Lipinski definition) is 1. The number of aryl methyl sites for hydroxylation is 1. The minimum atomic E-state index is -1.14. The number of ether oxygens (including phenoxy) is 1. The van der Waals surface area contributed by atoms with Crippen molar-refractivity contribution in [3.63, 3.8) is 0 Å². The van der Waals surface area contributed by atoms with E-state index in [1.807, 2.05) is 6.92 Å². The van der Waals surface area contributed by atoms with Crippen LogP contribution in [0.5, 0.6) is 11.6 Å². The first-order valence-electron chi connectivity index (χ1n) is 5.31. The Labute approximate surface area is 119 Å². The molecule has 0 unspecified atom stereocenters. The Balaban J connectivity index is 2.45. The maximum Gasteiger partial charge on any atom is 0.341 e. The molecule has 1 aromatic heterocycles. The molecule has 98 valence electrons. The molecule has 2 rings (SSSR count). The third-order valence-corrected chi connectivity index (χ3v) is 2.86. The predicted molar refractivity (Wildman–Crippen MR) is 72.5 cm³/mol. The average Bonchev–Trinajstić information content (AvgIpc) is 2.33. The lowest BCUT2D eigenvalue weighted by Gasteiger charge is -2.10. The van der Waals surface area contributed by atoms with E-state index in [9.17, 15) is 4.79 Å². The minimum absolute atomic E-state index is 0.0645. The number of halogens is 2. The number of carbonyl (C=O) groups is 1. The molecule has 0 amide bonds. The van der Waals surface area contributed by atoms with Crippen molar-refractivity contribution >= 4 is 29.2 Å². The quantitative estimate of drug-likeness (QED) is 0.863. The van der Waals surface area contributed by atoms with E-state index in [1.165, 1.54) is 12.1 Å². The van der Waals surface area contributed by atoms with Crippen LogP contribution in [0.4, 0.5) is 0 Å². The van der Waals surface area contributed by atoms with E-state index in [0.717, 1.165) is 5.56 Å². The lowest BCUT2D eigenvalue weighted by atomic mass is 10.2. The first-order valence-corrected chi connectivity index (χ1v) is 6.07. The van der Waals surface area contributed by atoms with Crippen LogP contribution in [-0.4, -0.2) is 16.1 Å². The van der Waals surface area contributed by atoms with Crippen LogP contribution in [0.1, 0.15) is 15.9 Å². The Morgan fingerprint density at radius 2 is 2.00 bits per heavy atom. The average molecular weight is 298 g/mol. The summed E-state index contributed by atoms with van der Waals surface area (Å²) in [4.78, 5) is 15.0. The summed E-state index contributed by atoms with van der Waals surface area (Å²) in [6, 6.07) is 7.80. The van der Waals surface area contributed by atoms with E-state index in [1.54, 1.807) is 18.2 Å². The molecule has 6 heteroatoms. The second kappa shape index (κ2) is 5.47. The fourth-order valence-corrected chi connectivity index (χ4v) is 1.75. The molecule has 4 nitrogen and oxygen atoms in total. The van der Waals surface area contributed by atoms with E-state index in [2.05, 4.69) is 4.98 Å². The second-order valence-corrected chi connectivity index (χ2v) is 4.63. The van der Waals surface area contributed by atoms with E-state index >= 15 is 0 Å². The zero-order valence-electron chi connectivity index (χ0n) is 9.85. The van der Waals surface area contributed by atoms with E-state index in [4.69, 9.17) is 33.0 Å². The molecule has 0 radical (unpaired) electrons. The molecular weight excluding hydrogens is 289 g/mol. The van der Waals surface area contributed by atoms with E-state index in [0.29, 0.717) is 10.8 Å². The normalized spacial score (nSPS) is 10.3. The van der Waals surface area contributed by atoms with Crippen LogP contribution in [0.15, 0.2) is 30.3 Å². The predicted octanol–water partition coefficient (Wildman–Crippen LogP) is 4.19. The highest BCUT2D eigenvalue weighted by molar-refractivity contribution is 6.30. The van der Waals surface area contributed by atoms with Crippen molar-refractivity contribution in [2.24, 2.45) is 0 Å². The standard InChI is InChI=1S/C13H9Cl2NO3/c1-7-2-3-8(14)6-10(7)19-12-9(13(17)18)4-5-11(15)16-12/h2-6H,1H3,(H,17,18). The molecule has 0 aliphatic carbocycles. The summed E-state index contributed by atoms with van der Waals surface area (Å²) in [5.74, 6) is -0.769. The number of carboxylic acids is 1. The topological polar surface area (TPSA) is 59.4 Å². The maximum atomic E-state index is 11.1. The molecule has 0 aliphatic rings. The molecule has 19 heavy (non-hydrogen) atoms. The Kier molecular flexibility index (Phi) is 3.93. The van der Waals surface area contributed by atoms with Crippen LogP contribution < -0.4 is 4.74 Å². The summed E-state index contributed by atoms with van der Waals surface area (Å²) < 4.78 is 5.50. The SMILES string of the molecule is Cc1ccc(Cl)cc1Oc1nc(Cl)ccc1C(=O)O. The van der Waals surface area contributed by atoms with Gasteiger partial charge in [-0.05, 0) is 36.8 Å². The van der Waals surface area contributed by atoms with Gasteiger partial charge in [0.25, 0.3) is 0 Å². The monoisotopic (exact) mass is 297 g/mol. The van der Waals surface area contributed by atoms with Crippen molar-refractivity contribution in [2.45, 2.75) is 6.92 Å². The van der Waals surface area contributed by atoms with Crippen LogP contribution in [0.2, 0.25) is 10.2 Å². The molecule has 0 aliphatic heterocycles. The molecule has 0 bridgehead atoms. The first-order chi connectivity index (χ1) is 8.97. The Bertz CT molecular complexity index is 644. The molecule has 0 spiro atoms. The highest BCUT2D eigenvalue weighted by atomic mass is 35.5. The van der Waals surface area contributed by atoms with Gasteiger partial charge in [-0.1, -0.05) is 29.3 Å². The second-order valence-electron chi connectivity index (χ2n) is 3.80. The van der Waals surface area contributed by atoms with Gasteiger partial charge < -0.3 is 9.84 Å². The largest absolute Gasteiger partial charge is 0.477 e. The maximum absolute atomic E-state index is 11.1. The van der Waals surface area contributed by atoms with Gasteiger partial charge in [0.1, 0.15) is 16.5 Å². The molecule has 0 saturated heterocycles. The fourth-order valence-electron chi connectivity index (χ4n) is 1.45. The van der Waals surface area contributed by atoms with Gasteiger partial charge in [-0.25, -0.2) is 9.78 Å². The molecule has 1 N–H and O–H groups in total. The van der Waals surface area contributed by atoms with Gasteiger partial charge in [-0.3, -0.25) is 0 Å². The molecule has 0 saturated carbocycles. The summed E-state index contributed by atoms with van der Waals surface area (Å²) in [6.07, 6.45) is 0. The summed E-state index contributed by atoms with van der Waals surface area (Å²) in [5, 5.41) is 9.71. The van der Waals surface area contributed by atoms with Gasteiger partial charge in [0.15, 0.2) is 0 Å². The number of carboxylic acid groups (broad SMARTS) is 1. The van der Waals surface area contributed by atoms with Gasteiger partial charge in [0, 0.05) is 5.02 Å². The smallest absolute Gasteiger partial charge is 0.341 e. The van der Waals surface area contributed by atoms with Crippen molar-refractivity contribution in [3.05, 3.63) is 51.6 Å². The van der Waals surface area contributed by atoms with Crippen molar-refractivity contribution < 1.29 is 14.6 Å².